The van der Waals surface area contributed by atoms with E-state index >= 15 is 0 Å². The Hall–Kier alpha value is -11.7. The molecule has 624 valence electrons. The molecule has 6 fully saturated rings. The van der Waals surface area contributed by atoms with Crippen molar-refractivity contribution in [1.29, 1.82) is 0 Å². The van der Waals surface area contributed by atoms with Crippen LogP contribution in [0.1, 0.15) is 44.2 Å². The van der Waals surface area contributed by atoms with Crippen molar-refractivity contribution < 1.29 is 90.9 Å². The predicted octanol–water partition coefficient (Wildman–Crippen LogP) is 10.6. The fraction of sp³-hybridized carbons (Fsp3) is 0.346. The first kappa shape index (κ1) is 86.2. The van der Waals surface area contributed by atoms with Crippen LogP contribution in [0.4, 0.5) is 63.9 Å². The summed E-state index contributed by atoms with van der Waals surface area (Å²) >= 11 is 3.19. The Morgan fingerprint density at radius 2 is 0.858 bits per heavy atom. The molecule has 6 aliphatic rings. The van der Waals surface area contributed by atoms with Crippen LogP contribution >= 0.6 is 34.6 Å². The molecule has 12 heterocycles. The molecule has 3 saturated carbocycles. The number of nitrogens with one attached hydrogen (secondary N) is 5. The van der Waals surface area contributed by atoms with Crippen LogP contribution in [-0.2, 0) is 20.0 Å². The second-order valence-corrected chi connectivity index (χ2v) is 35.0. The van der Waals surface area contributed by atoms with Crippen molar-refractivity contribution in [3.63, 3.8) is 0 Å². The zero-order valence-corrected chi connectivity index (χ0v) is 72.1. The molecule has 42 heteroatoms. The Labute approximate surface area is 730 Å². The summed E-state index contributed by atoms with van der Waals surface area (Å²) in [6.45, 7) is 27.8. The molecular weight excluding hydrogens is 1650 g/mol. The quantitative estimate of drug-likeness (QED) is 0.0417. The van der Waals surface area contributed by atoms with Crippen LogP contribution in [0.15, 0.2) is 156 Å². The molecule has 3 unspecified atom stereocenters. The molecule has 3 aliphatic heterocycles. The van der Waals surface area contributed by atoms with Gasteiger partial charge in [-0.05, 0) is 142 Å². The Morgan fingerprint density at radius 1 is 0.500 bits per heavy atom. The van der Waals surface area contributed by atoms with Gasteiger partial charge in [-0.1, -0.05) is 54.6 Å². The molecule has 0 spiro atoms. The van der Waals surface area contributed by atoms with Crippen molar-refractivity contribution in [2.45, 2.75) is 66.4 Å². The molecule has 3 saturated heterocycles. The van der Waals surface area contributed by atoms with Gasteiger partial charge in [-0.15, -0.1) is 13.1 Å². The molecule has 9 aromatic heterocycles. The third-order valence-electron chi connectivity index (χ3n) is 22.5. The van der Waals surface area contributed by atoms with Gasteiger partial charge in [0.15, 0.2) is 11.3 Å². The normalized spacial score (nSPS) is 19.8. The number of anilines is 6. The number of likely N-dealkylation sites (tertiary alicyclic amines) is 2. The maximum absolute atomic E-state index is 13.3. The third-order valence-corrected chi connectivity index (χ3v) is 27.7. The summed E-state index contributed by atoms with van der Waals surface area (Å²) in [6.07, 6.45) is 14.7. The Bertz CT molecular complexity index is 6040. The minimum atomic E-state index is -3.85. The van der Waals surface area contributed by atoms with Crippen LogP contribution in [0, 0.1) is 55.2 Å². The Balaban J connectivity index is 0.000000190. The number of carbonyl (C=O) groups is 3. The first-order chi connectivity index (χ1) is 57.1. The zero-order valence-electron chi connectivity index (χ0n) is 66.0. The number of hydrogen-bond acceptors (Lipinski definition) is 28. The number of hydrogen-bond donors (Lipinski definition) is 5. The predicted molar refractivity (Wildman–Crippen MR) is 458 cm³/mol. The molecular formula is C78H89N24NaO12S5. The summed E-state index contributed by atoms with van der Waals surface area (Å²) < 4.78 is 87.0. The number of urea groups is 2. The van der Waals surface area contributed by atoms with Crippen LogP contribution in [-0.4, -0.2) is 206 Å². The van der Waals surface area contributed by atoms with Crippen LogP contribution in [0.3, 0.4) is 0 Å². The maximum Gasteiger partial charge on any atom is 1.00 e. The van der Waals surface area contributed by atoms with E-state index < -0.39 is 26.1 Å². The zero-order chi connectivity index (χ0) is 82.5. The van der Waals surface area contributed by atoms with Crippen molar-refractivity contribution in [3.05, 3.63) is 181 Å². The molecule has 12 aromatic rings. The summed E-state index contributed by atoms with van der Waals surface area (Å²) in [5.41, 5.74) is 5.21. The summed E-state index contributed by atoms with van der Waals surface area (Å²) in [6, 6.07) is 31.9. The topological polar surface area (TPSA) is 405 Å². The number of aromatic nitrogens is 12. The van der Waals surface area contributed by atoms with E-state index in [4.69, 9.17) is 38.7 Å². The molecule has 0 bridgehead atoms. The van der Waals surface area contributed by atoms with Crippen molar-refractivity contribution in [1.82, 2.24) is 71.1 Å². The number of carbonyl (C=O) groups excluding carboxylic acids is 3. The van der Waals surface area contributed by atoms with E-state index in [0.29, 0.717) is 121 Å². The molecule has 9 atom stereocenters. The van der Waals surface area contributed by atoms with Crippen molar-refractivity contribution >= 4 is 155 Å². The van der Waals surface area contributed by atoms with Gasteiger partial charge in [0.2, 0.25) is 32.5 Å². The Morgan fingerprint density at radius 3 is 1.23 bits per heavy atom. The number of H-pyrrole nitrogens is 1. The summed E-state index contributed by atoms with van der Waals surface area (Å²) in [5, 5.41) is 15.0. The molecule has 18 rings (SSSR count). The summed E-state index contributed by atoms with van der Waals surface area (Å²) in [4.78, 5) is 86.9. The van der Waals surface area contributed by atoms with Crippen molar-refractivity contribution in [3.8, 4) is 23.8 Å². The van der Waals surface area contributed by atoms with E-state index in [1.54, 1.807) is 109 Å². The number of benzene rings is 3. The number of aromatic amines is 1. The van der Waals surface area contributed by atoms with E-state index in [0.717, 1.165) is 122 Å². The molecule has 3 aliphatic carbocycles. The van der Waals surface area contributed by atoms with E-state index in [1.807, 2.05) is 42.2 Å². The van der Waals surface area contributed by atoms with Gasteiger partial charge in [0.1, 0.15) is 11.4 Å². The van der Waals surface area contributed by atoms with Gasteiger partial charge >= 0.3 is 65.7 Å². The van der Waals surface area contributed by atoms with E-state index in [-0.39, 0.29) is 92.3 Å². The van der Waals surface area contributed by atoms with E-state index in [9.17, 15) is 31.2 Å². The second kappa shape index (κ2) is 37.3. The molecule has 3 aromatic carbocycles. The SMILES string of the molecule is COc1nsc(NC(=O)Oc2ccccc2)n1.[C-]#[N+]c1cnc2[nH]ccc2c1N(C)C1C[C@@H]2CN(C(=O)Nc3nc(OC)ns3)C[C@@H]2C1.[C-]#[N+]c1cnc2c(ccn2S(=O)(=O)c2ccccc2)c1N(C)C1C[C@@H]2CN(C(=O)Nc3nc(OC)ns3)C[C@@H]2C1.[C-]#[N+]c1cnc2c(ccn2S(=O)(=O)c2ccccc2)c1N(C)C1C[C@H]2CNC[C@H]2C1.[HH].[HH].[HH].[HH].[Na+].[OH-]. The van der Waals surface area contributed by atoms with Gasteiger partial charge in [0.05, 0.1) is 67.9 Å². The monoisotopic (exact) mass is 1740 g/mol. The molecule has 36 nitrogen and oxygen atoms in total. The summed E-state index contributed by atoms with van der Waals surface area (Å²) in [5.74, 6) is 3.34. The van der Waals surface area contributed by atoms with Gasteiger partial charge in [0.25, 0.3) is 20.0 Å². The molecule has 0 radical (unpaired) electrons. The van der Waals surface area contributed by atoms with Crippen molar-refractivity contribution in [2.75, 3.05) is 112 Å². The number of amides is 5. The Kier molecular flexibility index (Phi) is 26.8. The first-order valence-electron chi connectivity index (χ1n) is 37.5. The van der Waals surface area contributed by atoms with Gasteiger partial charge in [-0.3, -0.25) is 20.9 Å². The molecule has 5 amide bonds. The number of pyridine rings is 3. The number of para-hydroxylation sites is 1. The number of methoxy groups -OCH3 is 3. The fourth-order valence-corrected chi connectivity index (χ4v) is 21.0. The standard InChI is InChI=1S/C26H26N8O4S2.C22H23N5O2S.C20H22N8O2S.C10H9N3O3S.Na.H2O.4H2/c1-27-21-13-28-23-20(9-10-34(23)40(36,37)19-7-5-4-6-8-19)22(21)32(2)18-11-16-14-33(15-17(16)12-18)26(35)30-25-29-24(38-3)31-39-25;1-23-20-14-25-22-19(8-9-27(22)30(28,29)18-6-4-3-5-7-18)21(20)26(2)17-10-15-12-24-13-16(15)11-17;1-21-15-8-23-17-14(4-5-22-17)16(15)27(2)13-6-11-9-28(10-12(11)7-13)20(29)25-19-24-18(30-3)26-31-19;1-15-8-11-9(17-13-8)12-10(14)16-7-5-3-2-4-6-7;;;;;;/h4-10,13,16-18H,11-12,14-15H2,2-3H3,(H,29,30,31,35);3-9,14-17,24H,10-13H2,2H3;4-5,8,11-13H,6-7,9-10H2,2-3H3,(H,22,23)(H,24,25,26,29);2-6H,1H3,(H,11,12,13,14);;1H2;4*1H/q;;;;+1;;;;;/p-1/t16-,17+,18?;15-,16+,17?;11-,12+,13?;;;;;;;. The fourth-order valence-electron chi connectivity index (χ4n) is 16.8. The van der Waals surface area contributed by atoms with E-state index in [2.05, 4.69) is 106 Å². The van der Waals surface area contributed by atoms with Gasteiger partial charge in [0, 0.05) is 159 Å². The van der Waals surface area contributed by atoms with E-state index in [1.165, 1.54) is 47.9 Å². The minimum absolute atomic E-state index is 0. The number of rotatable bonds is 17. The van der Waals surface area contributed by atoms with Crippen LogP contribution in [0.25, 0.3) is 47.6 Å². The average molecular weight is 1740 g/mol. The van der Waals surface area contributed by atoms with Crippen LogP contribution < -0.4 is 84.5 Å². The van der Waals surface area contributed by atoms with Gasteiger partial charge in [-0.2, -0.15) is 15.0 Å². The van der Waals surface area contributed by atoms with Crippen LogP contribution in [0.2, 0.25) is 0 Å². The molecule has 6 N–H and O–H groups in total. The first-order valence-corrected chi connectivity index (χ1v) is 42.7. The second-order valence-electron chi connectivity index (χ2n) is 29.1. The number of nitrogens with zero attached hydrogens (tertiary/aromatic N) is 19. The minimum Gasteiger partial charge on any atom is -0.870 e. The van der Waals surface area contributed by atoms with Gasteiger partial charge in [-0.25, -0.2) is 63.7 Å². The largest absolute Gasteiger partial charge is 1.00 e. The third kappa shape index (κ3) is 17.9. The maximum atomic E-state index is 13.3. The molecule has 120 heavy (non-hydrogen) atoms. The number of ether oxygens (including phenoxy) is 4. The summed E-state index contributed by atoms with van der Waals surface area (Å²) in [7, 11) is 2.84. The van der Waals surface area contributed by atoms with Gasteiger partial charge < -0.3 is 59.2 Å². The smallest absolute Gasteiger partial charge is 0.870 e. The van der Waals surface area contributed by atoms with Crippen molar-refractivity contribution in [2.24, 2.45) is 35.5 Å². The number of fused-ring (bicyclic) bond motifs is 6. The average Bonchev–Trinajstić information content (AvgIpc) is 1.60. The van der Waals surface area contributed by atoms with Crippen LogP contribution in [0.5, 0.6) is 23.8 Å².